The Bertz CT molecular complexity index is 182. The van der Waals surface area contributed by atoms with Gasteiger partial charge in [-0.15, -0.1) is 0 Å². The summed E-state index contributed by atoms with van der Waals surface area (Å²) in [5, 5.41) is 9.80. The molecular formula is C16H32O. The average molecular weight is 240 g/mol. The van der Waals surface area contributed by atoms with Crippen LogP contribution in [0.15, 0.2) is 12.2 Å². The predicted molar refractivity (Wildman–Crippen MR) is 77.3 cm³/mol. The van der Waals surface area contributed by atoms with E-state index >= 15 is 0 Å². The summed E-state index contributed by atoms with van der Waals surface area (Å²) in [5.74, 6) is 0. The molecule has 0 bridgehead atoms. The second-order valence-corrected chi connectivity index (χ2v) is 5.44. The first-order valence-electron chi connectivity index (χ1n) is 7.49. The number of unbranched alkanes of at least 4 members (excludes halogenated alkanes) is 7. The zero-order valence-corrected chi connectivity index (χ0v) is 12.2. The minimum absolute atomic E-state index is 0.503. The number of hydrogen-bond acceptors (Lipinski definition) is 1. The van der Waals surface area contributed by atoms with Gasteiger partial charge in [-0.2, -0.15) is 0 Å². The van der Waals surface area contributed by atoms with Gasteiger partial charge in [-0.25, -0.2) is 0 Å². The van der Waals surface area contributed by atoms with Gasteiger partial charge in [0.15, 0.2) is 0 Å². The minimum Gasteiger partial charge on any atom is -0.390 e. The van der Waals surface area contributed by atoms with E-state index in [0.29, 0.717) is 0 Å². The van der Waals surface area contributed by atoms with E-state index in [1.54, 1.807) is 0 Å². The van der Waals surface area contributed by atoms with Crippen LogP contribution in [0.2, 0.25) is 0 Å². The molecule has 0 aromatic rings. The van der Waals surface area contributed by atoms with Crippen LogP contribution in [-0.4, -0.2) is 10.7 Å². The maximum atomic E-state index is 9.80. The molecule has 0 aromatic carbocycles. The van der Waals surface area contributed by atoms with Gasteiger partial charge in [0.2, 0.25) is 0 Å². The van der Waals surface area contributed by atoms with Gasteiger partial charge in [0.1, 0.15) is 0 Å². The fraction of sp³-hybridized carbons (Fsp3) is 0.875. The number of rotatable bonds is 11. The molecule has 0 aliphatic heterocycles. The van der Waals surface area contributed by atoms with Crippen LogP contribution in [0.5, 0.6) is 0 Å². The third-order valence-electron chi connectivity index (χ3n) is 3.46. The first kappa shape index (κ1) is 16.7. The van der Waals surface area contributed by atoms with Crippen molar-refractivity contribution in [3.05, 3.63) is 12.2 Å². The van der Waals surface area contributed by atoms with Crippen LogP contribution in [0.3, 0.4) is 0 Å². The zero-order chi connectivity index (χ0) is 13.0. The van der Waals surface area contributed by atoms with Crippen LogP contribution in [0, 0.1) is 0 Å². The molecule has 1 heteroatoms. The maximum Gasteiger partial charge on any atom is 0.0651 e. The van der Waals surface area contributed by atoms with E-state index in [-0.39, 0.29) is 0 Å². The highest BCUT2D eigenvalue weighted by atomic mass is 16.3. The first-order chi connectivity index (χ1) is 8.12. The van der Waals surface area contributed by atoms with E-state index in [9.17, 15) is 5.11 Å². The standard InChI is InChI=1S/C16H32O/c1-4-6-7-8-9-10-11-12-13-14-15-16(3,17)5-2/h13-14,17H,4-12,15H2,1-3H3/b14-13+. The highest BCUT2D eigenvalue weighted by Crippen LogP contribution is 2.14. The smallest absolute Gasteiger partial charge is 0.0651 e. The van der Waals surface area contributed by atoms with Crippen LogP contribution >= 0.6 is 0 Å². The summed E-state index contributed by atoms with van der Waals surface area (Å²) in [7, 11) is 0. The fourth-order valence-electron chi connectivity index (χ4n) is 1.82. The Morgan fingerprint density at radius 1 is 0.882 bits per heavy atom. The average Bonchev–Trinajstić information content (AvgIpc) is 2.31. The van der Waals surface area contributed by atoms with Gasteiger partial charge in [-0.3, -0.25) is 0 Å². The third-order valence-corrected chi connectivity index (χ3v) is 3.46. The topological polar surface area (TPSA) is 20.2 Å². The molecule has 0 amide bonds. The monoisotopic (exact) mass is 240 g/mol. The van der Waals surface area contributed by atoms with Gasteiger partial charge in [0, 0.05) is 0 Å². The summed E-state index contributed by atoms with van der Waals surface area (Å²) in [6.45, 7) is 6.20. The van der Waals surface area contributed by atoms with E-state index < -0.39 is 5.60 Å². The van der Waals surface area contributed by atoms with Crippen molar-refractivity contribution in [3.8, 4) is 0 Å². The highest BCUT2D eigenvalue weighted by molar-refractivity contribution is 4.88. The molecule has 0 radical (unpaired) electrons. The van der Waals surface area contributed by atoms with Crippen molar-refractivity contribution in [2.24, 2.45) is 0 Å². The van der Waals surface area contributed by atoms with Crippen LogP contribution in [-0.2, 0) is 0 Å². The summed E-state index contributed by atoms with van der Waals surface area (Å²) < 4.78 is 0. The Hall–Kier alpha value is -0.300. The number of aliphatic hydroxyl groups is 1. The van der Waals surface area contributed by atoms with Crippen LogP contribution < -0.4 is 0 Å². The fourth-order valence-corrected chi connectivity index (χ4v) is 1.82. The molecule has 0 fully saturated rings. The lowest BCUT2D eigenvalue weighted by atomic mass is 9.99. The first-order valence-corrected chi connectivity index (χ1v) is 7.49. The molecule has 1 atom stereocenters. The second kappa shape index (κ2) is 10.8. The lowest BCUT2D eigenvalue weighted by Gasteiger charge is -2.18. The van der Waals surface area contributed by atoms with Gasteiger partial charge < -0.3 is 5.11 Å². The molecule has 1 unspecified atom stereocenters. The lowest BCUT2D eigenvalue weighted by Crippen LogP contribution is -2.20. The van der Waals surface area contributed by atoms with E-state index in [0.717, 1.165) is 12.8 Å². The van der Waals surface area contributed by atoms with E-state index in [2.05, 4.69) is 19.1 Å². The molecular weight excluding hydrogens is 208 g/mol. The van der Waals surface area contributed by atoms with Gasteiger partial charge in [0.25, 0.3) is 0 Å². The molecule has 0 aromatic heterocycles. The van der Waals surface area contributed by atoms with Crippen molar-refractivity contribution < 1.29 is 5.11 Å². The summed E-state index contributed by atoms with van der Waals surface area (Å²) in [5.41, 5.74) is -0.503. The quantitative estimate of drug-likeness (QED) is 0.387. The van der Waals surface area contributed by atoms with Crippen molar-refractivity contribution in [3.63, 3.8) is 0 Å². The molecule has 0 heterocycles. The minimum atomic E-state index is -0.503. The lowest BCUT2D eigenvalue weighted by molar-refractivity contribution is 0.0592. The normalized spacial score (nSPS) is 15.3. The molecule has 1 N–H and O–H groups in total. The number of hydrogen-bond donors (Lipinski definition) is 1. The molecule has 0 aliphatic rings. The van der Waals surface area contributed by atoms with Crippen LogP contribution in [0.25, 0.3) is 0 Å². The van der Waals surface area contributed by atoms with E-state index in [1.165, 1.54) is 51.4 Å². The van der Waals surface area contributed by atoms with Crippen molar-refractivity contribution in [1.82, 2.24) is 0 Å². The Morgan fingerprint density at radius 3 is 2.06 bits per heavy atom. The predicted octanol–water partition coefficient (Wildman–Crippen LogP) is 5.23. The summed E-state index contributed by atoms with van der Waals surface area (Å²) in [6.07, 6.45) is 16.8. The van der Waals surface area contributed by atoms with Crippen LogP contribution in [0.1, 0.15) is 85.0 Å². The molecule has 17 heavy (non-hydrogen) atoms. The van der Waals surface area contributed by atoms with E-state index in [1.807, 2.05) is 13.8 Å². The van der Waals surface area contributed by atoms with Crippen LogP contribution in [0.4, 0.5) is 0 Å². The Balaban J connectivity index is 3.25. The highest BCUT2D eigenvalue weighted by Gasteiger charge is 2.14. The summed E-state index contributed by atoms with van der Waals surface area (Å²) >= 11 is 0. The van der Waals surface area contributed by atoms with Crippen molar-refractivity contribution >= 4 is 0 Å². The Labute approximate surface area is 108 Å². The van der Waals surface area contributed by atoms with Crippen molar-refractivity contribution in [2.45, 2.75) is 90.6 Å². The van der Waals surface area contributed by atoms with Gasteiger partial charge in [-0.1, -0.05) is 64.5 Å². The Morgan fingerprint density at radius 2 is 1.47 bits per heavy atom. The second-order valence-electron chi connectivity index (χ2n) is 5.44. The SMILES string of the molecule is CCCCCCCCC/C=C/CC(C)(O)CC. The maximum absolute atomic E-state index is 9.80. The van der Waals surface area contributed by atoms with Gasteiger partial charge in [0.05, 0.1) is 5.60 Å². The van der Waals surface area contributed by atoms with Gasteiger partial charge >= 0.3 is 0 Å². The molecule has 0 rings (SSSR count). The van der Waals surface area contributed by atoms with Gasteiger partial charge in [-0.05, 0) is 32.6 Å². The van der Waals surface area contributed by atoms with Crippen molar-refractivity contribution in [2.75, 3.05) is 0 Å². The molecule has 1 nitrogen and oxygen atoms in total. The molecule has 102 valence electrons. The molecule has 0 saturated heterocycles. The molecule has 0 spiro atoms. The van der Waals surface area contributed by atoms with E-state index in [4.69, 9.17) is 0 Å². The molecule has 0 aliphatic carbocycles. The number of allylic oxidation sites excluding steroid dienone is 1. The Kier molecular flexibility index (Phi) is 10.6. The summed E-state index contributed by atoms with van der Waals surface area (Å²) in [4.78, 5) is 0. The summed E-state index contributed by atoms with van der Waals surface area (Å²) in [6, 6.07) is 0. The van der Waals surface area contributed by atoms with Crippen molar-refractivity contribution in [1.29, 1.82) is 0 Å². The zero-order valence-electron chi connectivity index (χ0n) is 12.2. The molecule has 0 saturated carbocycles. The third kappa shape index (κ3) is 12.0. The largest absolute Gasteiger partial charge is 0.390 e.